The summed E-state index contributed by atoms with van der Waals surface area (Å²) < 4.78 is 2.00. The van der Waals surface area contributed by atoms with Crippen LogP contribution < -0.4 is 15.1 Å². The fourth-order valence-electron chi connectivity index (χ4n) is 5.35. The van der Waals surface area contributed by atoms with Crippen LogP contribution in [0.15, 0.2) is 67.0 Å². The van der Waals surface area contributed by atoms with Gasteiger partial charge in [-0.15, -0.1) is 0 Å². The summed E-state index contributed by atoms with van der Waals surface area (Å²) in [4.78, 5) is 28.8. The van der Waals surface area contributed by atoms with Gasteiger partial charge in [0.05, 0.1) is 12.1 Å². The van der Waals surface area contributed by atoms with Crippen LogP contribution in [0.3, 0.4) is 0 Å². The molecule has 9 nitrogen and oxygen atoms in total. The zero-order valence-electron chi connectivity index (χ0n) is 21.3. The second-order valence-corrected chi connectivity index (χ2v) is 9.69. The summed E-state index contributed by atoms with van der Waals surface area (Å²) in [7, 11) is 0. The number of rotatable bonds is 6. The maximum atomic E-state index is 13.2. The molecule has 3 aromatic heterocycles. The first-order valence-electron chi connectivity index (χ1n) is 13.2. The van der Waals surface area contributed by atoms with E-state index in [4.69, 9.17) is 4.98 Å². The van der Waals surface area contributed by atoms with Crippen molar-refractivity contribution in [3.8, 4) is 17.3 Å². The summed E-state index contributed by atoms with van der Waals surface area (Å²) in [6.07, 6.45) is 6.16. The van der Waals surface area contributed by atoms with E-state index in [1.807, 2.05) is 33.7 Å². The predicted molar refractivity (Wildman–Crippen MR) is 148 cm³/mol. The quantitative estimate of drug-likeness (QED) is 0.427. The normalized spacial score (nSPS) is 15.6. The number of carbonyl (C=O) groups is 1. The highest BCUT2D eigenvalue weighted by atomic mass is 16.2. The number of pyridine rings is 2. The molecule has 4 aromatic rings. The number of amides is 1. The average molecular weight is 507 g/mol. The lowest BCUT2D eigenvalue weighted by Crippen LogP contribution is -2.50. The zero-order chi connectivity index (χ0) is 25.9. The van der Waals surface area contributed by atoms with Crippen molar-refractivity contribution < 1.29 is 4.79 Å². The Labute approximate surface area is 221 Å². The second-order valence-electron chi connectivity index (χ2n) is 9.69. The minimum atomic E-state index is 0.0346. The number of nitriles is 1. The van der Waals surface area contributed by atoms with Gasteiger partial charge >= 0.3 is 0 Å². The lowest BCUT2D eigenvalue weighted by Gasteiger charge is -2.35. The summed E-state index contributed by atoms with van der Waals surface area (Å²) in [5, 5.41) is 12.8. The predicted octanol–water partition coefficient (Wildman–Crippen LogP) is 3.63. The third-order valence-electron chi connectivity index (χ3n) is 7.39. The number of imidazole rings is 1. The van der Waals surface area contributed by atoms with E-state index in [1.165, 1.54) is 18.5 Å². The number of benzene rings is 1. The van der Waals surface area contributed by atoms with Crippen molar-refractivity contribution in [1.82, 2.24) is 19.3 Å². The topological polar surface area (TPSA) is 92.8 Å². The Morgan fingerprint density at radius 3 is 2.47 bits per heavy atom. The molecular weight excluding hydrogens is 476 g/mol. The van der Waals surface area contributed by atoms with E-state index in [0.717, 1.165) is 35.8 Å². The monoisotopic (exact) mass is 506 g/mol. The van der Waals surface area contributed by atoms with Crippen molar-refractivity contribution in [2.45, 2.75) is 12.8 Å². The van der Waals surface area contributed by atoms with Gasteiger partial charge in [-0.2, -0.15) is 5.26 Å². The number of nitrogens with zero attached hydrogens (tertiary/aromatic N) is 7. The number of hydrogen-bond acceptors (Lipinski definition) is 7. The molecule has 1 aromatic carbocycles. The lowest BCUT2D eigenvalue weighted by molar-refractivity contribution is -0.129. The van der Waals surface area contributed by atoms with Gasteiger partial charge in [0.15, 0.2) is 0 Å². The second kappa shape index (κ2) is 10.4. The number of fused-ring (bicyclic) bond motifs is 1. The van der Waals surface area contributed by atoms with Gasteiger partial charge in [-0.25, -0.2) is 9.97 Å². The lowest BCUT2D eigenvalue weighted by atomic mass is 10.1. The summed E-state index contributed by atoms with van der Waals surface area (Å²) in [5.41, 5.74) is 4.48. The van der Waals surface area contributed by atoms with E-state index in [2.05, 4.69) is 50.4 Å². The summed E-state index contributed by atoms with van der Waals surface area (Å²) in [5.74, 6) is 1.53. The highest BCUT2D eigenvalue weighted by Gasteiger charge is 2.24. The molecule has 192 valence electrons. The molecule has 0 saturated carbocycles. The molecule has 0 aliphatic carbocycles. The fourth-order valence-corrected chi connectivity index (χ4v) is 5.35. The molecule has 38 heavy (non-hydrogen) atoms. The fraction of sp³-hybridized carbons (Fsp3) is 0.310. The first kappa shape index (κ1) is 23.8. The first-order chi connectivity index (χ1) is 18.7. The smallest absolute Gasteiger partial charge is 0.242 e. The Kier molecular flexibility index (Phi) is 6.53. The van der Waals surface area contributed by atoms with Gasteiger partial charge in [0.2, 0.25) is 5.91 Å². The Hall–Kier alpha value is -4.58. The SMILES string of the molecule is N#Cc1cccnc1N1CCN(C(=O)CNc2c(-c3ccc(N4CCCC4)cc3)nc3ccccn23)CC1. The molecule has 0 atom stereocenters. The molecule has 5 heterocycles. The van der Waals surface area contributed by atoms with E-state index in [9.17, 15) is 10.1 Å². The van der Waals surface area contributed by atoms with Crippen LogP contribution in [0.25, 0.3) is 16.9 Å². The number of anilines is 3. The van der Waals surface area contributed by atoms with Crippen molar-refractivity contribution in [2.24, 2.45) is 0 Å². The largest absolute Gasteiger partial charge is 0.372 e. The number of nitrogens with one attached hydrogen (secondary N) is 1. The van der Waals surface area contributed by atoms with Crippen molar-refractivity contribution >= 4 is 28.9 Å². The van der Waals surface area contributed by atoms with E-state index in [0.29, 0.717) is 37.6 Å². The standard InChI is InChI=1S/C29H30N8O/c30-20-23-6-5-12-31-28(23)36-18-16-35(17-19-36)26(38)21-32-29-27(33-25-7-1-2-15-37(25)29)22-8-10-24(11-9-22)34-13-3-4-14-34/h1-2,5-12,15,32H,3-4,13-14,16-19,21H2. The molecule has 0 radical (unpaired) electrons. The third-order valence-corrected chi connectivity index (χ3v) is 7.39. The minimum absolute atomic E-state index is 0.0346. The van der Waals surface area contributed by atoms with Crippen LogP contribution in [0.5, 0.6) is 0 Å². The van der Waals surface area contributed by atoms with Crippen molar-refractivity contribution in [3.63, 3.8) is 0 Å². The zero-order valence-corrected chi connectivity index (χ0v) is 21.3. The van der Waals surface area contributed by atoms with Gasteiger partial charge in [0, 0.05) is 62.9 Å². The number of hydrogen-bond donors (Lipinski definition) is 1. The van der Waals surface area contributed by atoms with Crippen molar-refractivity contribution in [3.05, 3.63) is 72.6 Å². The highest BCUT2D eigenvalue weighted by molar-refractivity contribution is 5.84. The highest BCUT2D eigenvalue weighted by Crippen LogP contribution is 2.31. The molecule has 2 saturated heterocycles. The van der Waals surface area contributed by atoms with Crippen LogP contribution in [0.4, 0.5) is 17.3 Å². The minimum Gasteiger partial charge on any atom is -0.372 e. The number of piperazine rings is 1. The Balaban J connectivity index is 1.15. The summed E-state index contributed by atoms with van der Waals surface area (Å²) in [6, 6.07) is 20.2. The van der Waals surface area contributed by atoms with Crippen LogP contribution in [-0.4, -0.2) is 71.0 Å². The van der Waals surface area contributed by atoms with Gasteiger partial charge < -0.3 is 20.0 Å². The van der Waals surface area contributed by atoms with Crippen LogP contribution in [0.2, 0.25) is 0 Å². The van der Waals surface area contributed by atoms with E-state index in [-0.39, 0.29) is 12.5 Å². The average Bonchev–Trinajstić information content (AvgIpc) is 3.65. The van der Waals surface area contributed by atoms with Gasteiger partial charge in [-0.05, 0) is 49.2 Å². The molecule has 9 heteroatoms. The maximum Gasteiger partial charge on any atom is 0.242 e. The Bertz CT molecular complexity index is 1470. The van der Waals surface area contributed by atoms with E-state index >= 15 is 0 Å². The van der Waals surface area contributed by atoms with Gasteiger partial charge in [-0.3, -0.25) is 9.20 Å². The molecule has 2 aliphatic rings. The molecular formula is C29H30N8O. The van der Waals surface area contributed by atoms with Gasteiger partial charge in [-0.1, -0.05) is 18.2 Å². The molecule has 0 bridgehead atoms. The van der Waals surface area contributed by atoms with E-state index < -0.39 is 0 Å². The van der Waals surface area contributed by atoms with Crippen LogP contribution >= 0.6 is 0 Å². The van der Waals surface area contributed by atoms with Crippen LogP contribution in [0.1, 0.15) is 18.4 Å². The maximum absolute atomic E-state index is 13.2. The molecule has 1 amide bonds. The molecule has 6 rings (SSSR count). The summed E-state index contributed by atoms with van der Waals surface area (Å²) >= 11 is 0. The van der Waals surface area contributed by atoms with E-state index in [1.54, 1.807) is 18.3 Å². The van der Waals surface area contributed by atoms with Gasteiger partial charge in [0.1, 0.15) is 29.0 Å². The van der Waals surface area contributed by atoms with Gasteiger partial charge in [0.25, 0.3) is 0 Å². The molecule has 0 spiro atoms. The first-order valence-corrected chi connectivity index (χ1v) is 13.2. The molecule has 0 unspecified atom stereocenters. The Morgan fingerprint density at radius 1 is 0.921 bits per heavy atom. The number of aromatic nitrogens is 3. The molecule has 2 fully saturated rings. The third kappa shape index (κ3) is 4.61. The van der Waals surface area contributed by atoms with Crippen LogP contribution in [0, 0.1) is 11.3 Å². The number of carbonyl (C=O) groups excluding carboxylic acids is 1. The summed E-state index contributed by atoms with van der Waals surface area (Å²) in [6.45, 7) is 4.84. The Morgan fingerprint density at radius 2 is 1.71 bits per heavy atom. The van der Waals surface area contributed by atoms with Crippen LogP contribution in [-0.2, 0) is 4.79 Å². The van der Waals surface area contributed by atoms with Crippen molar-refractivity contribution in [1.29, 1.82) is 5.26 Å². The molecule has 1 N–H and O–H groups in total. The molecule has 2 aliphatic heterocycles. The van der Waals surface area contributed by atoms with Crippen molar-refractivity contribution in [2.75, 3.05) is 60.9 Å².